The monoisotopic (exact) mass is 520 g/mol. The first-order valence-corrected chi connectivity index (χ1v) is 10.4. The zero-order chi connectivity index (χ0) is 25.9. The molecule has 0 saturated carbocycles. The summed E-state index contributed by atoms with van der Waals surface area (Å²) in [5.74, 6) is -1.32. The van der Waals surface area contributed by atoms with Gasteiger partial charge in [0.25, 0.3) is 0 Å². The number of carbonyl (C=O) groups is 4. The van der Waals surface area contributed by atoms with Crippen molar-refractivity contribution in [2.45, 2.75) is 14.9 Å². The Morgan fingerprint density at radius 3 is 1.34 bits per heavy atom. The molecule has 0 aromatic heterocycles. The second-order valence-corrected chi connectivity index (χ2v) is 6.85. The molecule has 0 bridgehead atoms. The topological polar surface area (TPSA) is 114 Å². The van der Waals surface area contributed by atoms with Crippen molar-refractivity contribution in [1.29, 1.82) is 0 Å². The lowest BCUT2D eigenvalue weighted by Crippen LogP contribution is -2.10. The third-order valence-electron chi connectivity index (χ3n) is 4.40. The maximum Gasteiger partial charge on any atom is 0.343 e. The van der Waals surface area contributed by atoms with Crippen molar-refractivity contribution in [3.63, 3.8) is 0 Å². The first-order valence-electron chi connectivity index (χ1n) is 10.4. The molecule has 0 aliphatic heterocycles. The number of carbonyl (C=O) groups excluding carboxylic acids is 4. The quantitative estimate of drug-likeness (QED) is 0.147. The van der Waals surface area contributed by atoms with Gasteiger partial charge >= 0.3 is 23.9 Å². The molecule has 38 heavy (non-hydrogen) atoms. The third kappa shape index (κ3) is 9.12. The SMILES string of the molecule is C.C.C=CC(=O)OCOc1ccc(C(=O)Oc2ccc(OC(=O)c3ccc(OC(=O)C=C)cc3)cc2)cc1. The summed E-state index contributed by atoms with van der Waals surface area (Å²) >= 11 is 0. The van der Waals surface area contributed by atoms with Crippen molar-refractivity contribution in [2.75, 3.05) is 6.79 Å². The number of benzene rings is 3. The van der Waals surface area contributed by atoms with E-state index in [0.29, 0.717) is 5.75 Å². The van der Waals surface area contributed by atoms with Crippen LogP contribution in [-0.2, 0) is 14.3 Å². The van der Waals surface area contributed by atoms with E-state index in [4.69, 9.17) is 23.7 Å². The highest BCUT2D eigenvalue weighted by Gasteiger charge is 2.12. The van der Waals surface area contributed by atoms with E-state index in [9.17, 15) is 19.2 Å². The van der Waals surface area contributed by atoms with Gasteiger partial charge in [-0.15, -0.1) is 0 Å². The Morgan fingerprint density at radius 1 is 0.553 bits per heavy atom. The molecule has 9 heteroatoms. The zero-order valence-corrected chi connectivity index (χ0v) is 18.9. The van der Waals surface area contributed by atoms with Crippen LogP contribution < -0.4 is 18.9 Å². The molecule has 0 aliphatic carbocycles. The number of esters is 4. The molecule has 0 N–H and O–H groups in total. The van der Waals surface area contributed by atoms with Crippen LogP contribution in [0, 0.1) is 0 Å². The standard InChI is InChI=1S/C27H20O9.2CH4/c1-3-24(28)33-17-32-20-9-5-18(6-10-20)26(30)35-22-13-15-23(16-14-22)36-27(31)19-7-11-21(12-8-19)34-25(29)4-2;;/h3-16H,1-2,17H2;2*1H4. The first kappa shape index (κ1) is 30.9. The van der Waals surface area contributed by atoms with Crippen LogP contribution in [0.1, 0.15) is 35.6 Å². The molecule has 0 unspecified atom stereocenters. The Hall–Kier alpha value is -5.18. The number of hydrogen-bond donors (Lipinski definition) is 0. The second-order valence-electron chi connectivity index (χ2n) is 6.85. The van der Waals surface area contributed by atoms with Gasteiger partial charge in [0, 0.05) is 12.2 Å². The largest absolute Gasteiger partial charge is 0.457 e. The minimum Gasteiger partial charge on any atom is -0.457 e. The maximum absolute atomic E-state index is 12.4. The van der Waals surface area contributed by atoms with Gasteiger partial charge in [-0.2, -0.15) is 0 Å². The van der Waals surface area contributed by atoms with Gasteiger partial charge in [-0.3, -0.25) is 0 Å². The molecular weight excluding hydrogens is 492 g/mol. The van der Waals surface area contributed by atoms with E-state index in [1.54, 1.807) is 0 Å². The van der Waals surface area contributed by atoms with Crippen LogP contribution in [0.3, 0.4) is 0 Å². The van der Waals surface area contributed by atoms with Crippen molar-refractivity contribution in [3.8, 4) is 23.0 Å². The highest BCUT2D eigenvalue weighted by molar-refractivity contribution is 5.92. The van der Waals surface area contributed by atoms with Crippen LogP contribution in [0.5, 0.6) is 23.0 Å². The van der Waals surface area contributed by atoms with E-state index < -0.39 is 23.9 Å². The smallest absolute Gasteiger partial charge is 0.343 e. The van der Waals surface area contributed by atoms with Crippen molar-refractivity contribution < 1.29 is 42.9 Å². The molecule has 0 heterocycles. The van der Waals surface area contributed by atoms with Crippen LogP contribution in [0.25, 0.3) is 0 Å². The average Bonchev–Trinajstić information content (AvgIpc) is 2.90. The summed E-state index contributed by atoms with van der Waals surface area (Å²) < 4.78 is 25.5. The Bertz CT molecular complexity index is 1260. The minimum absolute atomic E-state index is 0. The van der Waals surface area contributed by atoms with Crippen LogP contribution >= 0.6 is 0 Å². The Kier molecular flexibility index (Phi) is 12.2. The van der Waals surface area contributed by atoms with Gasteiger partial charge in [0.1, 0.15) is 23.0 Å². The Balaban J connectivity index is 0.00000361. The van der Waals surface area contributed by atoms with E-state index in [1.807, 2.05) is 0 Å². The average molecular weight is 521 g/mol. The van der Waals surface area contributed by atoms with Gasteiger partial charge < -0.3 is 23.7 Å². The van der Waals surface area contributed by atoms with Crippen LogP contribution in [0.2, 0.25) is 0 Å². The summed E-state index contributed by atoms with van der Waals surface area (Å²) in [5.41, 5.74) is 0.512. The lowest BCUT2D eigenvalue weighted by molar-refractivity contribution is -0.144. The number of hydrogen-bond acceptors (Lipinski definition) is 9. The predicted octanol–water partition coefficient (Wildman–Crippen LogP) is 5.55. The summed E-state index contributed by atoms with van der Waals surface area (Å²) in [4.78, 5) is 46.9. The van der Waals surface area contributed by atoms with Gasteiger partial charge in [0.05, 0.1) is 11.1 Å². The Morgan fingerprint density at radius 2 is 0.921 bits per heavy atom. The van der Waals surface area contributed by atoms with E-state index in [1.165, 1.54) is 72.8 Å². The Labute approximate surface area is 220 Å². The van der Waals surface area contributed by atoms with E-state index >= 15 is 0 Å². The molecule has 9 nitrogen and oxygen atoms in total. The predicted molar refractivity (Wildman–Crippen MR) is 140 cm³/mol. The van der Waals surface area contributed by atoms with Gasteiger partial charge in [-0.25, -0.2) is 19.2 Å². The summed E-state index contributed by atoms with van der Waals surface area (Å²) in [6.45, 7) is 6.30. The van der Waals surface area contributed by atoms with Crippen LogP contribution in [0.4, 0.5) is 0 Å². The molecule has 0 atom stereocenters. The van der Waals surface area contributed by atoms with Gasteiger partial charge in [-0.1, -0.05) is 28.0 Å². The number of rotatable bonds is 10. The summed E-state index contributed by atoms with van der Waals surface area (Å²) in [6, 6.07) is 17.8. The first-order chi connectivity index (χ1) is 17.4. The van der Waals surface area contributed by atoms with Crippen molar-refractivity contribution in [1.82, 2.24) is 0 Å². The van der Waals surface area contributed by atoms with Crippen LogP contribution in [0.15, 0.2) is 98.1 Å². The van der Waals surface area contributed by atoms with Gasteiger partial charge in [0.15, 0.2) is 0 Å². The summed E-state index contributed by atoms with van der Waals surface area (Å²) in [6.07, 6.45) is 2.05. The molecule has 0 spiro atoms. The zero-order valence-electron chi connectivity index (χ0n) is 18.9. The summed E-state index contributed by atoms with van der Waals surface area (Å²) in [7, 11) is 0. The second kappa shape index (κ2) is 15.0. The molecular formula is C29H28O9. The fourth-order valence-electron chi connectivity index (χ4n) is 2.63. The lowest BCUT2D eigenvalue weighted by Gasteiger charge is -2.08. The number of ether oxygens (including phenoxy) is 5. The summed E-state index contributed by atoms with van der Waals surface area (Å²) in [5, 5.41) is 0. The molecule has 0 aliphatic rings. The minimum atomic E-state index is -0.622. The van der Waals surface area contributed by atoms with Crippen molar-refractivity contribution in [3.05, 3.63) is 109 Å². The normalized spacial score (nSPS) is 9.37. The fourth-order valence-corrected chi connectivity index (χ4v) is 2.63. The van der Waals surface area contributed by atoms with E-state index in [-0.39, 0.29) is 50.0 Å². The van der Waals surface area contributed by atoms with Crippen molar-refractivity contribution in [2.24, 2.45) is 0 Å². The molecule has 3 aromatic carbocycles. The molecule has 3 rings (SSSR count). The van der Waals surface area contributed by atoms with Crippen LogP contribution in [-0.4, -0.2) is 30.7 Å². The maximum atomic E-state index is 12.4. The van der Waals surface area contributed by atoms with Gasteiger partial charge in [0.2, 0.25) is 6.79 Å². The molecule has 0 fully saturated rings. The van der Waals surface area contributed by atoms with Crippen molar-refractivity contribution >= 4 is 23.9 Å². The lowest BCUT2D eigenvalue weighted by atomic mass is 10.2. The highest BCUT2D eigenvalue weighted by atomic mass is 16.7. The van der Waals surface area contributed by atoms with E-state index in [0.717, 1.165) is 12.2 Å². The van der Waals surface area contributed by atoms with Gasteiger partial charge in [-0.05, 0) is 72.8 Å². The molecule has 0 amide bonds. The fraction of sp³-hybridized carbons (Fsp3) is 0.103. The third-order valence-corrected chi connectivity index (χ3v) is 4.40. The molecule has 198 valence electrons. The molecule has 0 radical (unpaired) electrons. The van der Waals surface area contributed by atoms with E-state index in [2.05, 4.69) is 13.2 Å². The highest BCUT2D eigenvalue weighted by Crippen LogP contribution is 2.21. The molecule has 3 aromatic rings. The molecule has 0 saturated heterocycles.